The summed E-state index contributed by atoms with van der Waals surface area (Å²) in [6.45, 7) is 2.95. The molecule has 2 nitrogen and oxygen atoms in total. The number of β-lactam (4-membered cyclic amide) rings is 1. The number of alkyl halides is 1. The molecule has 2 heterocycles. The molecule has 0 bridgehead atoms. The van der Waals surface area contributed by atoms with E-state index in [1.807, 2.05) is 6.08 Å². The van der Waals surface area contributed by atoms with Crippen LogP contribution in [0.2, 0.25) is 0 Å². The average Bonchev–Trinajstić information content (AvgIpc) is 2.27. The number of carbonyl (C=O) groups is 1. The molecule has 66 valence electrons. The average molecular weight is 169 g/mol. The number of hydrogen-bond acceptors (Lipinski definition) is 1. The minimum absolute atomic E-state index is 0.0683. The Kier molecular flexibility index (Phi) is 1.35. The van der Waals surface area contributed by atoms with Gasteiger partial charge in [0.1, 0.15) is 5.67 Å². The minimum atomic E-state index is -1.37. The van der Waals surface area contributed by atoms with Crippen LogP contribution in [0.25, 0.3) is 0 Å². The molecule has 1 amide bonds. The molecule has 2 rings (SSSR count). The van der Waals surface area contributed by atoms with E-state index in [1.165, 1.54) is 13.8 Å². The summed E-state index contributed by atoms with van der Waals surface area (Å²) in [7, 11) is 0. The van der Waals surface area contributed by atoms with Crippen LogP contribution in [-0.2, 0) is 4.79 Å². The number of nitrogens with zero attached hydrogens (tertiary/aromatic N) is 1. The number of fused-ring (bicyclic) bond motifs is 1. The largest absolute Gasteiger partial charge is 0.315 e. The molecular formula is C9H12FNO. The van der Waals surface area contributed by atoms with Gasteiger partial charge in [0, 0.05) is 6.20 Å². The highest BCUT2D eigenvalue weighted by atomic mass is 19.1. The van der Waals surface area contributed by atoms with Crippen LogP contribution >= 0.6 is 0 Å². The lowest BCUT2D eigenvalue weighted by Crippen LogP contribution is -2.62. The van der Waals surface area contributed by atoms with E-state index in [-0.39, 0.29) is 11.9 Å². The Hall–Kier alpha value is -0.860. The van der Waals surface area contributed by atoms with Gasteiger partial charge in [0.15, 0.2) is 0 Å². The van der Waals surface area contributed by atoms with E-state index < -0.39 is 11.6 Å². The molecule has 12 heavy (non-hydrogen) atoms. The van der Waals surface area contributed by atoms with Crippen LogP contribution in [0.3, 0.4) is 0 Å². The summed E-state index contributed by atoms with van der Waals surface area (Å²) in [5, 5.41) is 0. The summed E-state index contributed by atoms with van der Waals surface area (Å²) in [6.07, 6.45) is 4.49. The lowest BCUT2D eigenvalue weighted by atomic mass is 9.77. The van der Waals surface area contributed by atoms with Gasteiger partial charge in [-0.15, -0.1) is 0 Å². The Morgan fingerprint density at radius 3 is 2.92 bits per heavy atom. The van der Waals surface area contributed by atoms with Crippen molar-refractivity contribution in [1.29, 1.82) is 0 Å². The van der Waals surface area contributed by atoms with Gasteiger partial charge in [-0.3, -0.25) is 4.79 Å². The van der Waals surface area contributed by atoms with E-state index in [1.54, 1.807) is 11.1 Å². The second-order valence-corrected chi connectivity index (χ2v) is 3.98. The van der Waals surface area contributed by atoms with Gasteiger partial charge in [-0.1, -0.05) is 6.08 Å². The molecule has 0 aliphatic carbocycles. The molecular weight excluding hydrogens is 157 g/mol. The molecule has 2 aliphatic rings. The predicted octanol–water partition coefficient (Wildman–Crippen LogP) is 1.48. The van der Waals surface area contributed by atoms with Crippen molar-refractivity contribution in [2.45, 2.75) is 32.0 Å². The summed E-state index contributed by atoms with van der Waals surface area (Å²) >= 11 is 0. The van der Waals surface area contributed by atoms with Crippen molar-refractivity contribution < 1.29 is 9.18 Å². The monoisotopic (exact) mass is 169 g/mol. The van der Waals surface area contributed by atoms with Crippen molar-refractivity contribution in [2.24, 2.45) is 5.92 Å². The molecule has 0 spiro atoms. The molecule has 0 aromatic carbocycles. The van der Waals surface area contributed by atoms with E-state index in [0.717, 1.165) is 6.42 Å². The van der Waals surface area contributed by atoms with Crippen LogP contribution in [0, 0.1) is 5.92 Å². The van der Waals surface area contributed by atoms with Crippen molar-refractivity contribution >= 4 is 5.91 Å². The lowest BCUT2D eigenvalue weighted by Gasteiger charge is -2.46. The molecule has 0 saturated carbocycles. The Bertz CT molecular complexity index is 254. The fourth-order valence-electron chi connectivity index (χ4n) is 2.07. The maximum atomic E-state index is 13.4. The van der Waals surface area contributed by atoms with Crippen LogP contribution < -0.4 is 0 Å². The van der Waals surface area contributed by atoms with Gasteiger partial charge in [0.05, 0.1) is 12.0 Å². The number of carbonyl (C=O) groups excluding carboxylic acids is 1. The first-order valence-electron chi connectivity index (χ1n) is 4.19. The molecule has 1 fully saturated rings. The molecule has 1 saturated heterocycles. The Morgan fingerprint density at radius 1 is 1.67 bits per heavy atom. The molecule has 2 atom stereocenters. The summed E-state index contributed by atoms with van der Waals surface area (Å²) < 4.78 is 13.4. The van der Waals surface area contributed by atoms with E-state index >= 15 is 0 Å². The molecule has 1 unspecified atom stereocenters. The van der Waals surface area contributed by atoms with Crippen LogP contribution in [0.4, 0.5) is 4.39 Å². The maximum Gasteiger partial charge on any atom is 0.235 e. The van der Waals surface area contributed by atoms with E-state index in [9.17, 15) is 9.18 Å². The zero-order valence-electron chi connectivity index (χ0n) is 7.25. The van der Waals surface area contributed by atoms with Crippen LogP contribution in [0.5, 0.6) is 0 Å². The van der Waals surface area contributed by atoms with Gasteiger partial charge in [-0.25, -0.2) is 4.39 Å². The van der Waals surface area contributed by atoms with E-state index in [2.05, 4.69) is 0 Å². The number of rotatable bonds is 1. The van der Waals surface area contributed by atoms with Gasteiger partial charge in [0.25, 0.3) is 0 Å². The summed E-state index contributed by atoms with van der Waals surface area (Å²) in [4.78, 5) is 13.0. The van der Waals surface area contributed by atoms with E-state index in [4.69, 9.17) is 0 Å². The standard InChI is InChI=1S/C9H12FNO/c1-9(2,10)7-6-4-3-5-11(6)8(7)12/h3,5-7H,4H2,1-2H3/t6-,7?/m1/s1. The van der Waals surface area contributed by atoms with Gasteiger partial charge in [-0.05, 0) is 20.3 Å². The van der Waals surface area contributed by atoms with Crippen LogP contribution in [-0.4, -0.2) is 22.5 Å². The summed E-state index contributed by atoms with van der Waals surface area (Å²) in [5.74, 6) is -0.492. The highest BCUT2D eigenvalue weighted by molar-refractivity contribution is 5.88. The molecule has 0 aromatic heterocycles. The summed E-state index contributed by atoms with van der Waals surface area (Å²) in [5.41, 5.74) is -1.37. The van der Waals surface area contributed by atoms with Crippen molar-refractivity contribution in [1.82, 2.24) is 4.90 Å². The quantitative estimate of drug-likeness (QED) is 0.544. The molecule has 0 N–H and O–H groups in total. The first-order chi connectivity index (χ1) is 5.52. The zero-order chi connectivity index (χ0) is 8.93. The Labute approximate surface area is 71.0 Å². The van der Waals surface area contributed by atoms with Crippen molar-refractivity contribution in [3.63, 3.8) is 0 Å². The third kappa shape index (κ3) is 0.822. The summed E-state index contributed by atoms with van der Waals surface area (Å²) in [6, 6.07) is 0.0949. The lowest BCUT2D eigenvalue weighted by molar-refractivity contribution is -0.158. The molecule has 2 aliphatic heterocycles. The highest BCUT2D eigenvalue weighted by Gasteiger charge is 2.55. The van der Waals surface area contributed by atoms with Gasteiger partial charge < -0.3 is 4.90 Å². The third-order valence-electron chi connectivity index (χ3n) is 2.65. The zero-order valence-corrected chi connectivity index (χ0v) is 7.25. The number of hydrogen-bond donors (Lipinski definition) is 0. The smallest absolute Gasteiger partial charge is 0.235 e. The highest BCUT2D eigenvalue weighted by Crippen LogP contribution is 2.41. The fraction of sp³-hybridized carbons (Fsp3) is 0.667. The van der Waals surface area contributed by atoms with Crippen LogP contribution in [0.1, 0.15) is 20.3 Å². The SMILES string of the molecule is CC(C)(F)C1C(=O)N2C=CC[C@H]12. The van der Waals surface area contributed by atoms with Crippen molar-refractivity contribution in [2.75, 3.05) is 0 Å². The predicted molar refractivity (Wildman–Crippen MR) is 43.1 cm³/mol. The van der Waals surface area contributed by atoms with Crippen molar-refractivity contribution in [3.8, 4) is 0 Å². The minimum Gasteiger partial charge on any atom is -0.315 e. The maximum absolute atomic E-state index is 13.4. The van der Waals surface area contributed by atoms with E-state index in [0.29, 0.717) is 0 Å². The van der Waals surface area contributed by atoms with Crippen molar-refractivity contribution in [3.05, 3.63) is 12.3 Å². The number of halogens is 1. The van der Waals surface area contributed by atoms with Gasteiger partial charge >= 0.3 is 0 Å². The number of amides is 1. The second kappa shape index (κ2) is 2.09. The first kappa shape index (κ1) is 7.77. The topological polar surface area (TPSA) is 20.3 Å². The fourth-order valence-corrected chi connectivity index (χ4v) is 2.07. The second-order valence-electron chi connectivity index (χ2n) is 3.98. The third-order valence-corrected chi connectivity index (χ3v) is 2.65. The molecule has 3 heteroatoms. The first-order valence-corrected chi connectivity index (χ1v) is 4.19. The van der Waals surface area contributed by atoms with Gasteiger partial charge in [0.2, 0.25) is 5.91 Å². The Morgan fingerprint density at radius 2 is 2.33 bits per heavy atom. The Balaban J connectivity index is 2.18. The van der Waals surface area contributed by atoms with Crippen LogP contribution in [0.15, 0.2) is 12.3 Å². The van der Waals surface area contributed by atoms with Gasteiger partial charge in [-0.2, -0.15) is 0 Å². The normalized spacial score (nSPS) is 33.6. The molecule has 0 radical (unpaired) electrons. The molecule has 0 aromatic rings.